The molecule has 2 rings (SSSR count). The number of aromatic nitrogens is 2. The fourth-order valence-corrected chi connectivity index (χ4v) is 2.02. The van der Waals surface area contributed by atoms with Crippen molar-refractivity contribution in [3.8, 4) is 0 Å². The molecule has 0 aliphatic carbocycles. The summed E-state index contributed by atoms with van der Waals surface area (Å²) in [5, 5.41) is 3.08. The highest BCUT2D eigenvalue weighted by Crippen LogP contribution is 2.23. The van der Waals surface area contributed by atoms with E-state index >= 15 is 0 Å². The minimum absolute atomic E-state index is 0.306. The van der Waals surface area contributed by atoms with Gasteiger partial charge < -0.3 is 11.1 Å². The predicted molar refractivity (Wildman–Crippen MR) is 77.8 cm³/mol. The summed E-state index contributed by atoms with van der Waals surface area (Å²) in [7, 11) is 0. The van der Waals surface area contributed by atoms with E-state index in [0.29, 0.717) is 21.9 Å². The molecule has 0 radical (unpaired) electrons. The molecule has 2 aromatic rings. The fraction of sp³-hybridized carbons (Fsp3) is 0.231. The molecule has 0 spiro atoms. The Bertz CT molecular complexity index is 589. The number of nitrogens with zero attached hydrogens (tertiary/aromatic N) is 2. The first-order chi connectivity index (χ1) is 9.08. The van der Waals surface area contributed by atoms with Crippen molar-refractivity contribution in [3.05, 3.63) is 40.4 Å². The molecule has 100 valence electrons. The van der Waals surface area contributed by atoms with Crippen LogP contribution >= 0.6 is 15.9 Å². The second-order valence-corrected chi connectivity index (χ2v) is 4.95. The van der Waals surface area contributed by atoms with E-state index in [1.807, 2.05) is 0 Å². The van der Waals surface area contributed by atoms with Gasteiger partial charge in [-0.2, -0.15) is 0 Å². The van der Waals surface area contributed by atoms with Gasteiger partial charge in [-0.05, 0) is 40.5 Å². The highest BCUT2D eigenvalue weighted by molar-refractivity contribution is 9.10. The zero-order chi connectivity index (χ0) is 13.8. The quantitative estimate of drug-likeness (QED) is 0.900. The molecule has 1 aromatic carbocycles. The van der Waals surface area contributed by atoms with Crippen LogP contribution in [0.3, 0.4) is 0 Å². The number of hydrogen-bond acceptors (Lipinski definition) is 4. The smallest absolute Gasteiger partial charge is 0.137 e. The van der Waals surface area contributed by atoms with Crippen molar-refractivity contribution in [1.29, 1.82) is 0 Å². The molecule has 19 heavy (non-hydrogen) atoms. The van der Waals surface area contributed by atoms with Crippen LogP contribution in [0.5, 0.6) is 0 Å². The number of halogens is 2. The second-order valence-electron chi connectivity index (χ2n) is 4.10. The molecule has 0 amide bonds. The minimum Gasteiger partial charge on any atom is -0.384 e. The topological polar surface area (TPSA) is 63.8 Å². The van der Waals surface area contributed by atoms with Gasteiger partial charge in [-0.3, -0.25) is 0 Å². The number of benzene rings is 1. The Morgan fingerprint density at radius 2 is 2.11 bits per heavy atom. The van der Waals surface area contributed by atoms with Crippen molar-refractivity contribution >= 4 is 33.3 Å². The Hall–Kier alpha value is -1.69. The van der Waals surface area contributed by atoms with Gasteiger partial charge in [-0.15, -0.1) is 0 Å². The van der Waals surface area contributed by atoms with Crippen LogP contribution < -0.4 is 11.1 Å². The average molecular weight is 325 g/mol. The van der Waals surface area contributed by atoms with Crippen LogP contribution in [0.1, 0.15) is 19.2 Å². The normalized spacial score (nSPS) is 10.5. The highest BCUT2D eigenvalue weighted by atomic mass is 79.9. The Balaban J connectivity index is 2.24. The highest BCUT2D eigenvalue weighted by Gasteiger charge is 2.04. The molecule has 0 bridgehead atoms. The van der Waals surface area contributed by atoms with Crippen molar-refractivity contribution in [2.24, 2.45) is 0 Å². The lowest BCUT2D eigenvalue weighted by atomic mass is 10.3. The molecule has 3 N–H and O–H groups in total. The number of rotatable bonds is 4. The molecule has 1 aromatic heterocycles. The number of hydrogen-bond donors (Lipinski definition) is 2. The lowest BCUT2D eigenvalue weighted by molar-refractivity contribution is 0.621. The third-order valence-electron chi connectivity index (χ3n) is 2.46. The van der Waals surface area contributed by atoms with Crippen LogP contribution in [0.25, 0.3) is 0 Å². The van der Waals surface area contributed by atoms with Crippen LogP contribution in [0.2, 0.25) is 0 Å². The molecule has 0 aliphatic rings. The van der Waals surface area contributed by atoms with E-state index < -0.39 is 0 Å². The zero-order valence-electron chi connectivity index (χ0n) is 10.5. The molecule has 0 fully saturated rings. The van der Waals surface area contributed by atoms with Crippen molar-refractivity contribution in [1.82, 2.24) is 9.97 Å². The van der Waals surface area contributed by atoms with Gasteiger partial charge in [-0.25, -0.2) is 14.4 Å². The molecule has 0 unspecified atom stereocenters. The summed E-state index contributed by atoms with van der Waals surface area (Å²) in [5.74, 6) is 1.42. The van der Waals surface area contributed by atoms with Crippen molar-refractivity contribution in [2.75, 3.05) is 11.1 Å². The Morgan fingerprint density at radius 1 is 1.32 bits per heavy atom. The average Bonchev–Trinajstić information content (AvgIpc) is 2.33. The summed E-state index contributed by atoms with van der Waals surface area (Å²) >= 11 is 3.14. The number of nitrogen functional groups attached to an aromatic ring is 1. The summed E-state index contributed by atoms with van der Waals surface area (Å²) in [5.41, 5.74) is 6.47. The van der Waals surface area contributed by atoms with E-state index in [1.165, 1.54) is 6.07 Å². The molecule has 0 saturated carbocycles. The summed E-state index contributed by atoms with van der Waals surface area (Å²) in [6.45, 7) is 2.05. The molecule has 0 saturated heterocycles. The van der Waals surface area contributed by atoms with Crippen LogP contribution in [0.4, 0.5) is 21.7 Å². The zero-order valence-corrected chi connectivity index (χ0v) is 12.0. The first-order valence-corrected chi connectivity index (χ1v) is 6.73. The van der Waals surface area contributed by atoms with E-state index in [0.717, 1.165) is 18.5 Å². The fourth-order valence-electron chi connectivity index (χ4n) is 1.64. The predicted octanol–water partition coefficient (Wildman–Crippen LogP) is 3.66. The number of aryl methyl sites for hydroxylation is 1. The largest absolute Gasteiger partial charge is 0.384 e. The number of nitrogens with one attached hydrogen (secondary N) is 1. The van der Waals surface area contributed by atoms with Gasteiger partial charge in [0.15, 0.2) is 0 Å². The van der Waals surface area contributed by atoms with Gasteiger partial charge >= 0.3 is 0 Å². The van der Waals surface area contributed by atoms with Crippen LogP contribution in [0, 0.1) is 5.82 Å². The third-order valence-corrected chi connectivity index (χ3v) is 3.07. The van der Waals surface area contributed by atoms with Gasteiger partial charge in [0.1, 0.15) is 23.3 Å². The van der Waals surface area contributed by atoms with Gasteiger partial charge in [0, 0.05) is 18.2 Å². The first-order valence-electron chi connectivity index (χ1n) is 5.94. The molecule has 0 atom stereocenters. The SMILES string of the molecule is CCCc1nc(N)cc(Nc2ccc(F)c(Br)c2)n1. The van der Waals surface area contributed by atoms with Crippen LogP contribution in [-0.2, 0) is 6.42 Å². The molecular formula is C13H14BrFN4. The van der Waals surface area contributed by atoms with E-state index in [-0.39, 0.29) is 5.82 Å². The van der Waals surface area contributed by atoms with Gasteiger partial charge in [0.05, 0.1) is 4.47 Å². The van der Waals surface area contributed by atoms with E-state index in [1.54, 1.807) is 18.2 Å². The van der Waals surface area contributed by atoms with Crippen molar-refractivity contribution in [2.45, 2.75) is 19.8 Å². The molecule has 6 heteroatoms. The number of anilines is 3. The van der Waals surface area contributed by atoms with E-state index in [4.69, 9.17) is 5.73 Å². The Kier molecular flexibility index (Phi) is 4.31. The van der Waals surface area contributed by atoms with Gasteiger partial charge in [0.25, 0.3) is 0 Å². The summed E-state index contributed by atoms with van der Waals surface area (Å²) < 4.78 is 13.5. The molecule has 1 heterocycles. The van der Waals surface area contributed by atoms with E-state index in [9.17, 15) is 4.39 Å². The van der Waals surface area contributed by atoms with Crippen LogP contribution in [-0.4, -0.2) is 9.97 Å². The lowest BCUT2D eigenvalue weighted by Gasteiger charge is -2.08. The maximum absolute atomic E-state index is 13.1. The summed E-state index contributed by atoms with van der Waals surface area (Å²) in [4.78, 5) is 8.51. The molecular weight excluding hydrogens is 311 g/mol. The maximum Gasteiger partial charge on any atom is 0.137 e. The van der Waals surface area contributed by atoms with Crippen molar-refractivity contribution < 1.29 is 4.39 Å². The van der Waals surface area contributed by atoms with E-state index in [2.05, 4.69) is 38.1 Å². The minimum atomic E-state index is -0.306. The second kappa shape index (κ2) is 5.97. The van der Waals surface area contributed by atoms with Gasteiger partial charge in [0.2, 0.25) is 0 Å². The summed E-state index contributed by atoms with van der Waals surface area (Å²) in [6.07, 6.45) is 1.72. The van der Waals surface area contributed by atoms with Crippen LogP contribution in [0.15, 0.2) is 28.7 Å². The number of nitrogens with two attached hydrogens (primary N) is 1. The molecule has 4 nitrogen and oxygen atoms in total. The lowest BCUT2D eigenvalue weighted by Crippen LogP contribution is -2.03. The monoisotopic (exact) mass is 324 g/mol. The third kappa shape index (κ3) is 3.64. The first kappa shape index (κ1) is 13.7. The summed E-state index contributed by atoms with van der Waals surface area (Å²) in [6, 6.07) is 6.31. The standard InChI is InChI=1S/C13H14BrFN4/c1-2-3-12-18-11(16)7-13(19-12)17-8-4-5-10(15)9(14)6-8/h4-7H,2-3H2,1H3,(H3,16,17,18,19). The van der Waals surface area contributed by atoms with Crippen molar-refractivity contribution in [3.63, 3.8) is 0 Å². The molecule has 0 aliphatic heterocycles. The Labute approximate surface area is 119 Å². The maximum atomic E-state index is 13.1. The van der Waals surface area contributed by atoms with Gasteiger partial charge in [-0.1, -0.05) is 6.92 Å². The Morgan fingerprint density at radius 3 is 2.79 bits per heavy atom.